The van der Waals surface area contributed by atoms with Crippen LogP contribution in [0.1, 0.15) is 45.6 Å². The molecule has 1 nitrogen and oxygen atoms in total. The third-order valence-corrected chi connectivity index (χ3v) is 5.50. The van der Waals surface area contributed by atoms with E-state index >= 15 is 0 Å². The fourth-order valence-electron chi connectivity index (χ4n) is 3.76. The van der Waals surface area contributed by atoms with Gasteiger partial charge in [-0.3, -0.25) is 4.90 Å². The molecule has 2 heteroatoms. The summed E-state index contributed by atoms with van der Waals surface area (Å²) in [6.07, 6.45) is 6.32. The summed E-state index contributed by atoms with van der Waals surface area (Å²) in [5, 5.41) is 0. The van der Waals surface area contributed by atoms with E-state index in [-0.39, 0.29) is 5.82 Å². The van der Waals surface area contributed by atoms with Gasteiger partial charge in [0, 0.05) is 18.6 Å². The zero-order chi connectivity index (χ0) is 17.8. The molecule has 1 saturated heterocycles. The highest BCUT2D eigenvalue weighted by Crippen LogP contribution is 2.25. The van der Waals surface area contributed by atoms with Crippen molar-refractivity contribution in [2.75, 3.05) is 6.54 Å². The van der Waals surface area contributed by atoms with Crippen LogP contribution >= 0.6 is 0 Å². The molecular weight excluding hydrogens is 309 g/mol. The summed E-state index contributed by atoms with van der Waals surface area (Å²) in [5.41, 5.74) is 4.74. The van der Waals surface area contributed by atoms with Crippen molar-refractivity contribution in [1.82, 2.24) is 4.90 Å². The molecule has 0 spiro atoms. The number of piperidine rings is 1. The molecule has 2 aromatic rings. The van der Waals surface area contributed by atoms with Crippen molar-refractivity contribution in [3.8, 4) is 11.1 Å². The number of likely N-dealkylation sites (tertiary alicyclic amines) is 1. The van der Waals surface area contributed by atoms with Gasteiger partial charge in [0.15, 0.2) is 0 Å². The second kappa shape index (κ2) is 7.97. The highest BCUT2D eigenvalue weighted by Gasteiger charge is 2.23. The second-order valence-electron chi connectivity index (χ2n) is 7.30. The lowest BCUT2D eigenvalue weighted by Gasteiger charge is -2.38. The van der Waals surface area contributed by atoms with Crippen LogP contribution in [0.5, 0.6) is 0 Å². The first kappa shape index (κ1) is 17.9. The van der Waals surface area contributed by atoms with Gasteiger partial charge in [0.25, 0.3) is 0 Å². The Kier molecular flexibility index (Phi) is 5.70. The van der Waals surface area contributed by atoms with E-state index in [0.717, 1.165) is 17.7 Å². The Hall–Kier alpha value is -1.93. The van der Waals surface area contributed by atoms with E-state index in [1.165, 1.54) is 42.5 Å². The van der Waals surface area contributed by atoms with Crippen molar-refractivity contribution in [2.24, 2.45) is 0 Å². The van der Waals surface area contributed by atoms with E-state index < -0.39 is 0 Å². The highest BCUT2D eigenvalue weighted by atomic mass is 19.1. The number of allylic oxidation sites excluding steroid dienone is 1. The predicted molar refractivity (Wildman–Crippen MR) is 105 cm³/mol. The van der Waals surface area contributed by atoms with Gasteiger partial charge in [-0.25, -0.2) is 4.39 Å². The van der Waals surface area contributed by atoms with Crippen LogP contribution in [0.15, 0.2) is 54.6 Å². The summed E-state index contributed by atoms with van der Waals surface area (Å²) in [5.74, 6) is -0.194. The zero-order valence-corrected chi connectivity index (χ0v) is 15.5. The molecule has 132 valence electrons. The molecule has 1 fully saturated rings. The number of hydrogen-bond donors (Lipinski definition) is 0. The fourth-order valence-corrected chi connectivity index (χ4v) is 3.76. The normalized spacial score (nSPS) is 22.2. The average Bonchev–Trinajstić information content (AvgIpc) is 2.62. The van der Waals surface area contributed by atoms with Crippen LogP contribution < -0.4 is 0 Å². The quantitative estimate of drug-likeness (QED) is 0.646. The Morgan fingerprint density at radius 1 is 0.960 bits per heavy atom. The molecule has 2 atom stereocenters. The Morgan fingerprint density at radius 2 is 1.48 bits per heavy atom. The van der Waals surface area contributed by atoms with Crippen molar-refractivity contribution in [3.05, 3.63) is 66.0 Å². The minimum absolute atomic E-state index is 0.194. The number of rotatable bonds is 4. The molecule has 0 N–H and O–H groups in total. The molecule has 3 rings (SSSR count). The summed E-state index contributed by atoms with van der Waals surface area (Å²) in [6.45, 7) is 7.90. The van der Waals surface area contributed by atoms with E-state index in [2.05, 4.69) is 56.0 Å². The van der Waals surface area contributed by atoms with E-state index in [4.69, 9.17) is 0 Å². The first-order chi connectivity index (χ1) is 12.0. The second-order valence-corrected chi connectivity index (χ2v) is 7.30. The molecule has 0 radical (unpaired) electrons. The lowest BCUT2D eigenvalue weighted by Crippen LogP contribution is -2.43. The van der Waals surface area contributed by atoms with Crippen LogP contribution in [-0.4, -0.2) is 23.5 Å². The molecule has 0 amide bonds. The summed E-state index contributed by atoms with van der Waals surface area (Å²) in [6, 6.07) is 16.6. The molecular formula is C23H28FN. The van der Waals surface area contributed by atoms with Gasteiger partial charge in [-0.15, -0.1) is 0 Å². The Labute approximate surface area is 151 Å². The molecule has 1 aliphatic heterocycles. The minimum atomic E-state index is -0.194. The lowest BCUT2D eigenvalue weighted by molar-refractivity contribution is 0.119. The van der Waals surface area contributed by atoms with E-state index in [1.54, 1.807) is 0 Å². The van der Waals surface area contributed by atoms with Gasteiger partial charge in [0.1, 0.15) is 5.82 Å². The number of halogens is 1. The molecule has 0 saturated carbocycles. The van der Waals surface area contributed by atoms with Gasteiger partial charge in [0.05, 0.1) is 0 Å². The number of hydrogen-bond acceptors (Lipinski definition) is 1. The largest absolute Gasteiger partial charge is 0.294 e. The predicted octanol–water partition coefficient (Wildman–Crippen LogP) is 6.16. The maximum absolute atomic E-state index is 13.1. The van der Waals surface area contributed by atoms with Gasteiger partial charge in [-0.1, -0.05) is 48.9 Å². The van der Waals surface area contributed by atoms with Crippen molar-refractivity contribution >= 4 is 5.57 Å². The third-order valence-electron chi connectivity index (χ3n) is 5.50. The monoisotopic (exact) mass is 337 g/mol. The van der Waals surface area contributed by atoms with Gasteiger partial charge >= 0.3 is 0 Å². The van der Waals surface area contributed by atoms with Gasteiger partial charge < -0.3 is 0 Å². The maximum atomic E-state index is 13.1. The number of benzene rings is 2. The lowest BCUT2D eigenvalue weighted by atomic mass is 9.97. The topological polar surface area (TPSA) is 3.24 Å². The minimum Gasteiger partial charge on any atom is -0.294 e. The molecule has 0 bridgehead atoms. The first-order valence-corrected chi connectivity index (χ1v) is 9.33. The van der Waals surface area contributed by atoms with Gasteiger partial charge in [-0.2, -0.15) is 0 Å². The molecule has 2 aromatic carbocycles. The van der Waals surface area contributed by atoms with Gasteiger partial charge in [0.2, 0.25) is 0 Å². The SMILES string of the molecule is CC(=CCN1C(C)CCCC1C)c1ccc(-c2ccc(F)cc2)cc1. The molecule has 0 aliphatic carbocycles. The molecule has 1 aliphatic rings. The average molecular weight is 337 g/mol. The van der Waals surface area contributed by atoms with E-state index in [9.17, 15) is 4.39 Å². The van der Waals surface area contributed by atoms with E-state index in [0.29, 0.717) is 12.1 Å². The summed E-state index contributed by atoms with van der Waals surface area (Å²) in [4.78, 5) is 2.61. The van der Waals surface area contributed by atoms with Crippen molar-refractivity contribution in [3.63, 3.8) is 0 Å². The van der Waals surface area contributed by atoms with Crippen LogP contribution in [0.4, 0.5) is 4.39 Å². The van der Waals surface area contributed by atoms with E-state index in [1.807, 2.05) is 12.1 Å². The third kappa shape index (κ3) is 4.38. The molecule has 25 heavy (non-hydrogen) atoms. The number of nitrogens with zero attached hydrogens (tertiary/aromatic N) is 1. The molecule has 0 aromatic heterocycles. The summed E-state index contributed by atoms with van der Waals surface area (Å²) < 4.78 is 13.1. The van der Waals surface area contributed by atoms with Crippen LogP contribution in [0.2, 0.25) is 0 Å². The van der Waals surface area contributed by atoms with Crippen molar-refractivity contribution in [2.45, 2.75) is 52.1 Å². The van der Waals surface area contributed by atoms with Crippen LogP contribution in [-0.2, 0) is 0 Å². The Morgan fingerprint density at radius 3 is 2.04 bits per heavy atom. The Bertz CT molecular complexity index is 705. The standard InChI is InChI=1S/C23H28FN/c1-17(15-16-25-18(2)5-4-6-19(25)3)20-7-9-21(10-8-20)22-11-13-23(24)14-12-22/h7-15,18-19H,4-6,16H2,1-3H3. The Balaban J connectivity index is 1.69. The van der Waals surface area contributed by atoms with Crippen LogP contribution in [0.3, 0.4) is 0 Å². The van der Waals surface area contributed by atoms with Crippen molar-refractivity contribution in [1.29, 1.82) is 0 Å². The molecule has 1 heterocycles. The van der Waals surface area contributed by atoms with Gasteiger partial charge in [-0.05, 0) is 68.0 Å². The smallest absolute Gasteiger partial charge is 0.123 e. The first-order valence-electron chi connectivity index (χ1n) is 9.33. The van der Waals surface area contributed by atoms with Crippen LogP contribution in [0, 0.1) is 5.82 Å². The zero-order valence-electron chi connectivity index (χ0n) is 15.5. The maximum Gasteiger partial charge on any atom is 0.123 e. The highest BCUT2D eigenvalue weighted by molar-refractivity contribution is 5.69. The fraction of sp³-hybridized carbons (Fsp3) is 0.391. The van der Waals surface area contributed by atoms with Crippen molar-refractivity contribution < 1.29 is 4.39 Å². The van der Waals surface area contributed by atoms with Crippen LogP contribution in [0.25, 0.3) is 16.7 Å². The molecule has 2 unspecified atom stereocenters. The summed E-state index contributed by atoms with van der Waals surface area (Å²) in [7, 11) is 0. The summed E-state index contributed by atoms with van der Waals surface area (Å²) >= 11 is 0.